The molecule has 3 nitrogen and oxygen atoms in total. The van der Waals surface area contributed by atoms with Crippen molar-refractivity contribution in [3.63, 3.8) is 0 Å². The fourth-order valence-electron chi connectivity index (χ4n) is 3.47. The van der Waals surface area contributed by atoms with Gasteiger partial charge in [-0.1, -0.05) is 64.0 Å². The molecule has 0 amide bonds. The van der Waals surface area contributed by atoms with Crippen molar-refractivity contribution in [1.82, 2.24) is 0 Å². The van der Waals surface area contributed by atoms with E-state index in [-0.39, 0.29) is 11.7 Å². The Morgan fingerprint density at radius 1 is 0.885 bits per heavy atom. The van der Waals surface area contributed by atoms with E-state index in [1.165, 1.54) is 58.5 Å². The van der Waals surface area contributed by atoms with Gasteiger partial charge in [-0.15, -0.1) is 0 Å². The molecule has 26 heavy (non-hydrogen) atoms. The Bertz CT molecular complexity index is 457. The number of rotatable bonds is 15. The number of unbranched alkanes of at least 4 members (excludes halogenated alkanes) is 6. The summed E-state index contributed by atoms with van der Waals surface area (Å²) in [5.74, 6) is -1.73. The number of benzene rings is 1. The van der Waals surface area contributed by atoms with Crippen molar-refractivity contribution in [2.75, 3.05) is 14.2 Å². The highest BCUT2D eigenvalue weighted by Crippen LogP contribution is 2.30. The van der Waals surface area contributed by atoms with Gasteiger partial charge in [-0.3, -0.25) is 0 Å². The van der Waals surface area contributed by atoms with Crippen molar-refractivity contribution in [2.24, 2.45) is 5.92 Å². The van der Waals surface area contributed by atoms with Crippen molar-refractivity contribution in [3.8, 4) is 0 Å². The van der Waals surface area contributed by atoms with E-state index in [9.17, 15) is 9.50 Å². The second-order valence-corrected chi connectivity index (χ2v) is 7.16. The van der Waals surface area contributed by atoms with E-state index in [1.807, 2.05) is 12.1 Å². The normalized spacial score (nSPS) is 13.1. The van der Waals surface area contributed by atoms with Crippen LogP contribution >= 0.6 is 0 Å². The Morgan fingerprint density at radius 2 is 1.42 bits per heavy atom. The molecule has 1 aromatic carbocycles. The molecule has 0 heterocycles. The summed E-state index contributed by atoms with van der Waals surface area (Å²) < 4.78 is 23.5. The monoisotopic (exact) mass is 368 g/mol. The third kappa shape index (κ3) is 8.61. The smallest absolute Gasteiger partial charge is 0.282 e. The molecule has 0 aliphatic carbocycles. The molecule has 0 saturated heterocycles. The average Bonchev–Trinajstić information content (AvgIpc) is 2.66. The molecule has 1 aromatic rings. The number of hydrogen-bond acceptors (Lipinski definition) is 3. The second kappa shape index (κ2) is 13.2. The minimum Gasteiger partial charge on any atom is -0.343 e. The van der Waals surface area contributed by atoms with Gasteiger partial charge in [-0.05, 0) is 43.4 Å². The maximum Gasteiger partial charge on any atom is 0.282 e. The Morgan fingerprint density at radius 3 is 2.00 bits per heavy atom. The quantitative estimate of drug-likeness (QED) is 0.312. The molecule has 1 atom stereocenters. The van der Waals surface area contributed by atoms with Crippen LogP contribution in [0.15, 0.2) is 24.3 Å². The van der Waals surface area contributed by atoms with Gasteiger partial charge in [0.2, 0.25) is 0 Å². The molecule has 4 heteroatoms. The van der Waals surface area contributed by atoms with Crippen LogP contribution in [-0.2, 0) is 15.9 Å². The zero-order valence-electron chi connectivity index (χ0n) is 16.8. The van der Waals surface area contributed by atoms with Crippen LogP contribution in [-0.4, -0.2) is 25.3 Å². The van der Waals surface area contributed by atoms with Gasteiger partial charge in [0.25, 0.3) is 5.97 Å². The van der Waals surface area contributed by atoms with Crippen LogP contribution in [0.3, 0.4) is 0 Å². The summed E-state index contributed by atoms with van der Waals surface area (Å²) in [5.41, 5.74) is 1.15. The molecular formula is C22H37FO3. The van der Waals surface area contributed by atoms with Crippen molar-refractivity contribution >= 4 is 0 Å². The summed E-state index contributed by atoms with van der Waals surface area (Å²) in [7, 11) is 2.99. The van der Waals surface area contributed by atoms with Crippen molar-refractivity contribution in [2.45, 2.75) is 83.5 Å². The highest BCUT2D eigenvalue weighted by Gasteiger charge is 2.36. The highest BCUT2D eigenvalue weighted by molar-refractivity contribution is 5.15. The maximum absolute atomic E-state index is 13.0. The lowest BCUT2D eigenvalue weighted by molar-refractivity contribution is -0.369. The highest BCUT2D eigenvalue weighted by atomic mass is 19.1. The second-order valence-electron chi connectivity index (χ2n) is 7.16. The summed E-state index contributed by atoms with van der Waals surface area (Å²) in [6, 6.07) is 6.68. The maximum atomic E-state index is 13.0. The van der Waals surface area contributed by atoms with E-state index in [2.05, 4.69) is 6.92 Å². The van der Waals surface area contributed by atoms with Gasteiger partial charge < -0.3 is 14.6 Å². The molecule has 0 saturated carbocycles. The van der Waals surface area contributed by atoms with Crippen LogP contribution in [0, 0.1) is 11.7 Å². The molecule has 0 fully saturated rings. The first-order valence-electron chi connectivity index (χ1n) is 10.1. The lowest BCUT2D eigenvalue weighted by atomic mass is 9.91. The van der Waals surface area contributed by atoms with Gasteiger partial charge in [0.15, 0.2) is 0 Å². The van der Waals surface area contributed by atoms with E-state index >= 15 is 0 Å². The number of aliphatic hydroxyl groups is 1. The summed E-state index contributed by atoms with van der Waals surface area (Å²) in [6.45, 7) is 2.22. The molecule has 0 radical (unpaired) electrons. The average molecular weight is 369 g/mol. The minimum atomic E-state index is -1.50. The molecule has 0 aromatic heterocycles. The van der Waals surface area contributed by atoms with E-state index in [1.54, 1.807) is 0 Å². The van der Waals surface area contributed by atoms with E-state index in [0.717, 1.165) is 44.1 Å². The van der Waals surface area contributed by atoms with E-state index < -0.39 is 5.97 Å². The minimum absolute atomic E-state index is 0.0307. The lowest BCUT2D eigenvalue weighted by Gasteiger charge is -2.33. The largest absolute Gasteiger partial charge is 0.343 e. The lowest BCUT2D eigenvalue weighted by Crippen LogP contribution is -2.42. The Kier molecular flexibility index (Phi) is 11.7. The van der Waals surface area contributed by atoms with Gasteiger partial charge >= 0.3 is 0 Å². The van der Waals surface area contributed by atoms with Crippen LogP contribution in [0.4, 0.5) is 4.39 Å². The molecule has 0 bridgehead atoms. The van der Waals surface area contributed by atoms with Crippen molar-refractivity contribution in [1.29, 1.82) is 0 Å². The number of halogens is 1. The zero-order chi connectivity index (χ0) is 19.3. The number of ether oxygens (including phenoxy) is 2. The first-order valence-corrected chi connectivity index (χ1v) is 10.1. The van der Waals surface area contributed by atoms with Gasteiger partial charge in [-0.25, -0.2) is 4.39 Å². The molecule has 0 spiro atoms. The predicted molar refractivity (Wildman–Crippen MR) is 104 cm³/mol. The summed E-state index contributed by atoms with van der Waals surface area (Å²) >= 11 is 0. The summed E-state index contributed by atoms with van der Waals surface area (Å²) in [6.07, 6.45) is 12.0. The van der Waals surface area contributed by atoms with Crippen LogP contribution in [0.5, 0.6) is 0 Å². The Labute approximate surface area is 158 Å². The molecule has 0 aliphatic heterocycles. The van der Waals surface area contributed by atoms with Crippen LogP contribution in [0.25, 0.3) is 0 Å². The van der Waals surface area contributed by atoms with Crippen LogP contribution in [0.2, 0.25) is 0 Å². The van der Waals surface area contributed by atoms with Gasteiger partial charge in [0, 0.05) is 20.1 Å². The number of hydrogen-bond donors (Lipinski definition) is 1. The predicted octanol–water partition coefficient (Wildman–Crippen LogP) is 5.84. The summed E-state index contributed by atoms with van der Waals surface area (Å²) in [4.78, 5) is 0. The van der Waals surface area contributed by atoms with Crippen LogP contribution < -0.4 is 0 Å². The molecule has 1 N–H and O–H groups in total. The fraction of sp³-hybridized carbons (Fsp3) is 0.727. The zero-order valence-corrected chi connectivity index (χ0v) is 16.8. The molecule has 0 aliphatic rings. The van der Waals surface area contributed by atoms with Gasteiger partial charge in [0.05, 0.1) is 0 Å². The molecule has 1 unspecified atom stereocenters. The third-order valence-corrected chi connectivity index (χ3v) is 5.19. The number of aryl methyl sites for hydroxylation is 1. The van der Waals surface area contributed by atoms with E-state index in [0.29, 0.717) is 0 Å². The fourth-order valence-corrected chi connectivity index (χ4v) is 3.47. The standard InChI is InChI=1S/C22H37FO3/c1-4-5-6-7-8-9-13-20(22(24,25-2)26-3)14-11-10-12-19-15-17-21(23)18-16-19/h15-18,20,24H,4-14H2,1-3H3. The molecule has 150 valence electrons. The Balaban J connectivity index is 2.39. The van der Waals surface area contributed by atoms with Crippen molar-refractivity contribution < 1.29 is 19.0 Å². The van der Waals surface area contributed by atoms with Gasteiger partial charge in [-0.2, -0.15) is 0 Å². The first kappa shape index (κ1) is 23.1. The van der Waals surface area contributed by atoms with Gasteiger partial charge in [0.1, 0.15) is 5.82 Å². The first-order chi connectivity index (χ1) is 12.6. The SMILES string of the molecule is CCCCCCCCC(CCCCc1ccc(F)cc1)C(O)(OC)OC. The number of methoxy groups -OCH3 is 2. The molecule has 1 rings (SSSR count). The van der Waals surface area contributed by atoms with Crippen LogP contribution in [0.1, 0.15) is 76.7 Å². The topological polar surface area (TPSA) is 38.7 Å². The van der Waals surface area contributed by atoms with E-state index in [4.69, 9.17) is 9.47 Å². The summed E-state index contributed by atoms with van der Waals surface area (Å²) in [5, 5.41) is 10.6. The van der Waals surface area contributed by atoms with Crippen molar-refractivity contribution in [3.05, 3.63) is 35.6 Å². The molecular weight excluding hydrogens is 331 g/mol. The third-order valence-electron chi connectivity index (χ3n) is 5.19. The Hall–Kier alpha value is -0.970.